The van der Waals surface area contributed by atoms with Crippen molar-refractivity contribution in [1.29, 1.82) is 0 Å². The van der Waals surface area contributed by atoms with Crippen LogP contribution in [0, 0.1) is 0 Å². The predicted molar refractivity (Wildman–Crippen MR) is 59.9 cm³/mol. The van der Waals surface area contributed by atoms with Crippen molar-refractivity contribution >= 4 is 6.09 Å². The highest BCUT2D eigenvalue weighted by atomic mass is 16.5. The minimum atomic E-state index is -0.284. The Bertz CT molecular complexity index is 207. The van der Waals surface area contributed by atoms with Crippen molar-refractivity contribution in [3.05, 3.63) is 0 Å². The molecule has 4 heteroatoms. The van der Waals surface area contributed by atoms with Crippen molar-refractivity contribution in [1.82, 2.24) is 10.2 Å². The molecule has 1 aliphatic rings. The Morgan fingerprint density at radius 1 is 1.60 bits per heavy atom. The molecular weight excluding hydrogens is 192 g/mol. The molecule has 0 aromatic carbocycles. The monoisotopic (exact) mass is 214 g/mol. The lowest BCUT2D eigenvalue weighted by atomic mass is 10.0. The molecule has 1 unspecified atom stereocenters. The lowest BCUT2D eigenvalue weighted by Crippen LogP contribution is -2.49. The van der Waals surface area contributed by atoms with Gasteiger partial charge in [0.2, 0.25) is 0 Å². The number of amides is 1. The first kappa shape index (κ1) is 12.3. The van der Waals surface area contributed by atoms with Crippen molar-refractivity contribution in [2.75, 3.05) is 19.7 Å². The van der Waals surface area contributed by atoms with Crippen LogP contribution in [0.4, 0.5) is 4.79 Å². The average Bonchev–Trinajstić information content (AvgIpc) is 2.18. The zero-order chi connectivity index (χ0) is 11.3. The van der Waals surface area contributed by atoms with Crippen molar-refractivity contribution < 1.29 is 9.53 Å². The number of nitrogens with zero attached hydrogens (tertiary/aromatic N) is 1. The molecule has 0 saturated carbocycles. The normalized spacial score (nSPS) is 22.8. The fourth-order valence-electron chi connectivity index (χ4n) is 1.93. The van der Waals surface area contributed by atoms with Gasteiger partial charge in [0.15, 0.2) is 0 Å². The molecule has 88 valence electrons. The standard InChI is InChI=1S/C11H22N2O2/c1-4-15-11(14)12-10-6-5-7-13(8-10)9(2)3/h9-10H,4-8H2,1-3H3,(H,12,14). The molecule has 1 amide bonds. The number of hydrogen-bond acceptors (Lipinski definition) is 3. The molecule has 0 spiro atoms. The summed E-state index contributed by atoms with van der Waals surface area (Å²) in [6.45, 7) is 8.71. The topological polar surface area (TPSA) is 41.6 Å². The molecule has 0 aromatic rings. The molecule has 0 aliphatic carbocycles. The Labute approximate surface area is 92.0 Å². The Morgan fingerprint density at radius 3 is 2.93 bits per heavy atom. The van der Waals surface area contributed by atoms with Crippen LogP contribution in [0.2, 0.25) is 0 Å². The van der Waals surface area contributed by atoms with Gasteiger partial charge >= 0.3 is 6.09 Å². The van der Waals surface area contributed by atoms with Gasteiger partial charge in [0, 0.05) is 18.6 Å². The molecule has 0 aromatic heterocycles. The highest BCUT2D eigenvalue weighted by Gasteiger charge is 2.22. The largest absolute Gasteiger partial charge is 0.450 e. The summed E-state index contributed by atoms with van der Waals surface area (Å²) in [4.78, 5) is 13.6. The van der Waals surface area contributed by atoms with Crippen LogP contribution in [0.15, 0.2) is 0 Å². The Kier molecular flexibility index (Phi) is 4.88. The predicted octanol–water partition coefficient (Wildman–Crippen LogP) is 1.61. The molecule has 1 N–H and O–H groups in total. The minimum absolute atomic E-state index is 0.250. The number of carbonyl (C=O) groups excluding carboxylic acids is 1. The molecule has 15 heavy (non-hydrogen) atoms. The summed E-state index contributed by atoms with van der Waals surface area (Å²) in [5.74, 6) is 0. The summed E-state index contributed by atoms with van der Waals surface area (Å²) in [5, 5.41) is 2.90. The Hall–Kier alpha value is -0.770. The molecule has 1 saturated heterocycles. The van der Waals surface area contributed by atoms with Gasteiger partial charge in [0.25, 0.3) is 0 Å². The molecular formula is C11H22N2O2. The van der Waals surface area contributed by atoms with E-state index >= 15 is 0 Å². The lowest BCUT2D eigenvalue weighted by Gasteiger charge is -2.35. The number of likely N-dealkylation sites (tertiary alicyclic amines) is 1. The number of hydrogen-bond donors (Lipinski definition) is 1. The van der Waals surface area contributed by atoms with E-state index in [0.29, 0.717) is 12.6 Å². The van der Waals surface area contributed by atoms with Gasteiger partial charge in [-0.15, -0.1) is 0 Å². The van der Waals surface area contributed by atoms with E-state index in [-0.39, 0.29) is 12.1 Å². The fourth-order valence-corrected chi connectivity index (χ4v) is 1.93. The quantitative estimate of drug-likeness (QED) is 0.776. The summed E-state index contributed by atoms with van der Waals surface area (Å²) in [5.41, 5.74) is 0. The SMILES string of the molecule is CCOC(=O)NC1CCCN(C(C)C)C1. The minimum Gasteiger partial charge on any atom is -0.450 e. The van der Waals surface area contributed by atoms with E-state index in [1.807, 2.05) is 6.92 Å². The zero-order valence-electron chi connectivity index (χ0n) is 9.95. The number of alkyl carbamates (subject to hydrolysis) is 1. The van der Waals surface area contributed by atoms with Gasteiger partial charge in [0.05, 0.1) is 6.61 Å². The smallest absolute Gasteiger partial charge is 0.407 e. The molecule has 1 fully saturated rings. The van der Waals surface area contributed by atoms with Crippen LogP contribution in [-0.2, 0) is 4.74 Å². The van der Waals surface area contributed by atoms with Gasteiger partial charge in [-0.25, -0.2) is 4.79 Å². The van der Waals surface area contributed by atoms with Crippen molar-refractivity contribution in [2.45, 2.75) is 45.7 Å². The summed E-state index contributed by atoms with van der Waals surface area (Å²) in [6.07, 6.45) is 1.92. The summed E-state index contributed by atoms with van der Waals surface area (Å²) in [6, 6.07) is 0.803. The van der Waals surface area contributed by atoms with Gasteiger partial charge in [-0.3, -0.25) is 4.90 Å². The first-order valence-electron chi connectivity index (χ1n) is 5.80. The Morgan fingerprint density at radius 2 is 2.33 bits per heavy atom. The van der Waals surface area contributed by atoms with E-state index in [9.17, 15) is 4.79 Å². The maximum absolute atomic E-state index is 11.2. The number of carbonyl (C=O) groups is 1. The summed E-state index contributed by atoms with van der Waals surface area (Å²) < 4.78 is 4.87. The van der Waals surface area contributed by atoms with Crippen molar-refractivity contribution in [2.24, 2.45) is 0 Å². The maximum Gasteiger partial charge on any atom is 0.407 e. The third-order valence-electron chi connectivity index (χ3n) is 2.78. The number of ether oxygens (including phenoxy) is 1. The van der Waals surface area contributed by atoms with Gasteiger partial charge in [0.1, 0.15) is 0 Å². The van der Waals surface area contributed by atoms with Crippen LogP contribution in [0.5, 0.6) is 0 Å². The maximum atomic E-state index is 11.2. The number of piperidine rings is 1. The van der Waals surface area contributed by atoms with E-state index in [1.165, 1.54) is 0 Å². The van der Waals surface area contributed by atoms with E-state index < -0.39 is 0 Å². The molecule has 1 rings (SSSR count). The third kappa shape index (κ3) is 4.08. The van der Waals surface area contributed by atoms with E-state index in [1.54, 1.807) is 0 Å². The number of nitrogens with one attached hydrogen (secondary N) is 1. The van der Waals surface area contributed by atoms with Gasteiger partial charge in [-0.05, 0) is 40.2 Å². The molecule has 4 nitrogen and oxygen atoms in total. The molecule has 1 atom stereocenters. The van der Waals surface area contributed by atoms with Crippen LogP contribution in [-0.4, -0.2) is 42.8 Å². The summed E-state index contributed by atoms with van der Waals surface area (Å²) in [7, 11) is 0. The van der Waals surface area contributed by atoms with E-state index in [4.69, 9.17) is 4.74 Å². The summed E-state index contributed by atoms with van der Waals surface area (Å²) >= 11 is 0. The van der Waals surface area contributed by atoms with Crippen LogP contribution >= 0.6 is 0 Å². The number of rotatable bonds is 3. The highest BCUT2D eigenvalue weighted by molar-refractivity contribution is 5.67. The van der Waals surface area contributed by atoms with Crippen molar-refractivity contribution in [3.63, 3.8) is 0 Å². The first-order chi connectivity index (χ1) is 7.13. The Balaban J connectivity index is 2.33. The van der Waals surface area contributed by atoms with Crippen LogP contribution in [0.25, 0.3) is 0 Å². The molecule has 1 heterocycles. The molecule has 1 aliphatic heterocycles. The zero-order valence-corrected chi connectivity index (χ0v) is 9.95. The van der Waals surface area contributed by atoms with E-state index in [0.717, 1.165) is 25.9 Å². The second kappa shape index (κ2) is 5.95. The highest BCUT2D eigenvalue weighted by Crippen LogP contribution is 2.12. The van der Waals surface area contributed by atoms with E-state index in [2.05, 4.69) is 24.1 Å². The van der Waals surface area contributed by atoms with Crippen molar-refractivity contribution in [3.8, 4) is 0 Å². The van der Waals surface area contributed by atoms with Gasteiger partial charge in [-0.1, -0.05) is 0 Å². The first-order valence-corrected chi connectivity index (χ1v) is 5.80. The lowest BCUT2D eigenvalue weighted by molar-refractivity contribution is 0.124. The van der Waals surface area contributed by atoms with Gasteiger partial charge < -0.3 is 10.1 Å². The fraction of sp³-hybridized carbons (Fsp3) is 0.909. The van der Waals surface area contributed by atoms with Gasteiger partial charge in [-0.2, -0.15) is 0 Å². The second-order valence-corrected chi connectivity index (χ2v) is 4.29. The average molecular weight is 214 g/mol. The van der Waals surface area contributed by atoms with Crippen LogP contribution in [0.1, 0.15) is 33.6 Å². The molecule has 0 bridgehead atoms. The third-order valence-corrected chi connectivity index (χ3v) is 2.78. The van der Waals surface area contributed by atoms with Crippen LogP contribution < -0.4 is 5.32 Å². The second-order valence-electron chi connectivity index (χ2n) is 4.29. The molecule has 0 radical (unpaired) electrons. The van der Waals surface area contributed by atoms with Crippen LogP contribution in [0.3, 0.4) is 0 Å².